The highest BCUT2D eigenvalue weighted by atomic mass is 79.9. The number of likely N-dealkylation sites (N-methyl/N-ethyl adjacent to an activating group) is 1. The second-order valence-corrected chi connectivity index (χ2v) is 5.72. The van der Waals surface area contributed by atoms with E-state index in [0.717, 1.165) is 26.2 Å². The highest BCUT2D eigenvalue weighted by molar-refractivity contribution is 9.10. The molecule has 0 saturated carbocycles. The predicted octanol–water partition coefficient (Wildman–Crippen LogP) is 3.58. The maximum absolute atomic E-state index is 3.62. The molecule has 0 aliphatic carbocycles. The average molecular weight is 313 g/mol. The summed E-state index contributed by atoms with van der Waals surface area (Å²) in [7, 11) is 0. The zero-order valence-electron chi connectivity index (χ0n) is 12.0. The lowest BCUT2D eigenvalue weighted by Crippen LogP contribution is -2.38. The van der Waals surface area contributed by atoms with E-state index < -0.39 is 0 Å². The highest BCUT2D eigenvalue weighted by Crippen LogP contribution is 2.18. The first-order valence-electron chi connectivity index (χ1n) is 6.77. The van der Waals surface area contributed by atoms with Crippen molar-refractivity contribution in [3.63, 3.8) is 0 Å². The molecule has 18 heavy (non-hydrogen) atoms. The molecule has 1 aromatic carbocycles. The number of benzene rings is 1. The van der Waals surface area contributed by atoms with Gasteiger partial charge in [-0.15, -0.1) is 0 Å². The van der Waals surface area contributed by atoms with Crippen molar-refractivity contribution in [2.45, 2.75) is 40.3 Å². The van der Waals surface area contributed by atoms with Gasteiger partial charge in [0.25, 0.3) is 0 Å². The molecule has 0 saturated heterocycles. The minimum Gasteiger partial charge on any atom is -0.309 e. The van der Waals surface area contributed by atoms with Crippen molar-refractivity contribution < 1.29 is 0 Å². The number of nitrogens with one attached hydrogen (secondary N) is 1. The fourth-order valence-electron chi connectivity index (χ4n) is 2.01. The molecule has 0 spiro atoms. The van der Waals surface area contributed by atoms with Gasteiger partial charge in [0, 0.05) is 23.6 Å². The fraction of sp³-hybridized carbons (Fsp3) is 0.600. The lowest BCUT2D eigenvalue weighted by Gasteiger charge is -2.23. The summed E-state index contributed by atoms with van der Waals surface area (Å²) in [5.41, 5.74) is 2.62. The van der Waals surface area contributed by atoms with E-state index in [1.807, 2.05) is 0 Å². The summed E-state index contributed by atoms with van der Waals surface area (Å²) >= 11 is 3.62. The molecule has 0 aliphatic rings. The van der Waals surface area contributed by atoms with Crippen LogP contribution in [0.5, 0.6) is 0 Å². The van der Waals surface area contributed by atoms with Crippen molar-refractivity contribution in [3.8, 4) is 0 Å². The zero-order chi connectivity index (χ0) is 13.5. The molecule has 0 fully saturated rings. The standard InChI is InChI=1S/C15H25BrN2/c1-5-18(6-2)11-13(4)17-10-14-8-7-12(3)9-15(14)16/h7-9,13,17H,5-6,10-11H2,1-4H3. The Morgan fingerprint density at radius 3 is 2.50 bits per heavy atom. The third-order valence-corrected chi connectivity index (χ3v) is 4.01. The van der Waals surface area contributed by atoms with Gasteiger partial charge in [0.05, 0.1) is 0 Å². The van der Waals surface area contributed by atoms with Crippen molar-refractivity contribution in [1.29, 1.82) is 0 Å². The summed E-state index contributed by atoms with van der Waals surface area (Å²) in [6, 6.07) is 7.04. The van der Waals surface area contributed by atoms with Crippen LogP contribution in [0.25, 0.3) is 0 Å². The van der Waals surface area contributed by atoms with E-state index in [9.17, 15) is 0 Å². The second-order valence-electron chi connectivity index (χ2n) is 4.86. The molecule has 1 N–H and O–H groups in total. The van der Waals surface area contributed by atoms with Crippen LogP contribution in [0.4, 0.5) is 0 Å². The lowest BCUT2D eigenvalue weighted by atomic mass is 10.1. The number of halogens is 1. The van der Waals surface area contributed by atoms with Gasteiger partial charge in [-0.3, -0.25) is 0 Å². The Balaban J connectivity index is 2.44. The van der Waals surface area contributed by atoms with Gasteiger partial charge in [-0.1, -0.05) is 41.9 Å². The maximum atomic E-state index is 3.62. The number of aryl methyl sites for hydroxylation is 1. The SMILES string of the molecule is CCN(CC)CC(C)NCc1ccc(C)cc1Br. The first-order chi connectivity index (χ1) is 8.56. The van der Waals surface area contributed by atoms with E-state index in [4.69, 9.17) is 0 Å². The minimum atomic E-state index is 0.512. The predicted molar refractivity (Wildman–Crippen MR) is 83.0 cm³/mol. The Kier molecular flexibility index (Phi) is 6.90. The molecule has 0 aromatic heterocycles. The van der Waals surface area contributed by atoms with E-state index in [1.54, 1.807) is 0 Å². The van der Waals surface area contributed by atoms with Crippen LogP contribution in [0, 0.1) is 6.92 Å². The number of rotatable bonds is 7. The molecule has 0 amide bonds. The van der Waals surface area contributed by atoms with E-state index in [1.165, 1.54) is 15.6 Å². The molecule has 1 atom stereocenters. The Hall–Kier alpha value is -0.380. The third-order valence-electron chi connectivity index (χ3n) is 3.28. The topological polar surface area (TPSA) is 15.3 Å². The molecular weight excluding hydrogens is 288 g/mol. The summed E-state index contributed by atoms with van der Waals surface area (Å²) in [5, 5.41) is 3.59. The molecule has 0 bridgehead atoms. The van der Waals surface area contributed by atoms with Crippen LogP contribution in [-0.4, -0.2) is 30.6 Å². The molecule has 1 aromatic rings. The van der Waals surface area contributed by atoms with Crippen LogP contribution in [0.3, 0.4) is 0 Å². The van der Waals surface area contributed by atoms with Crippen LogP contribution < -0.4 is 5.32 Å². The third kappa shape index (κ3) is 5.09. The summed E-state index contributed by atoms with van der Waals surface area (Å²) in [6.45, 7) is 13.1. The fourth-order valence-corrected chi connectivity index (χ4v) is 2.65. The lowest BCUT2D eigenvalue weighted by molar-refractivity contribution is 0.270. The van der Waals surface area contributed by atoms with Gasteiger partial charge in [0.1, 0.15) is 0 Å². The molecular formula is C15H25BrN2. The van der Waals surface area contributed by atoms with Crippen LogP contribution in [0.2, 0.25) is 0 Å². The molecule has 0 radical (unpaired) electrons. The van der Waals surface area contributed by atoms with E-state index in [0.29, 0.717) is 6.04 Å². The molecule has 2 nitrogen and oxygen atoms in total. The van der Waals surface area contributed by atoms with Gasteiger partial charge in [-0.25, -0.2) is 0 Å². The molecule has 102 valence electrons. The van der Waals surface area contributed by atoms with E-state index in [-0.39, 0.29) is 0 Å². The summed E-state index contributed by atoms with van der Waals surface area (Å²) in [5.74, 6) is 0. The maximum Gasteiger partial charge on any atom is 0.0222 e. The van der Waals surface area contributed by atoms with Gasteiger partial charge in [0.2, 0.25) is 0 Å². The summed E-state index contributed by atoms with van der Waals surface area (Å²) in [4.78, 5) is 2.45. The monoisotopic (exact) mass is 312 g/mol. The molecule has 0 aliphatic heterocycles. The Morgan fingerprint density at radius 1 is 1.28 bits per heavy atom. The zero-order valence-corrected chi connectivity index (χ0v) is 13.5. The van der Waals surface area contributed by atoms with Crippen molar-refractivity contribution in [2.24, 2.45) is 0 Å². The first kappa shape index (κ1) is 15.7. The van der Waals surface area contributed by atoms with Crippen LogP contribution in [0.1, 0.15) is 31.9 Å². The summed E-state index contributed by atoms with van der Waals surface area (Å²) in [6.07, 6.45) is 0. The van der Waals surface area contributed by atoms with Gasteiger partial charge in [-0.05, 0) is 44.1 Å². The quantitative estimate of drug-likeness (QED) is 0.828. The van der Waals surface area contributed by atoms with Crippen LogP contribution in [0.15, 0.2) is 22.7 Å². The van der Waals surface area contributed by atoms with Gasteiger partial charge < -0.3 is 10.2 Å². The average Bonchev–Trinajstić information content (AvgIpc) is 2.35. The molecule has 3 heteroatoms. The number of hydrogen-bond acceptors (Lipinski definition) is 2. The van der Waals surface area contributed by atoms with Gasteiger partial charge >= 0.3 is 0 Å². The molecule has 1 rings (SSSR count). The smallest absolute Gasteiger partial charge is 0.0222 e. The van der Waals surface area contributed by atoms with Crippen molar-refractivity contribution in [1.82, 2.24) is 10.2 Å². The second kappa shape index (κ2) is 7.93. The Morgan fingerprint density at radius 2 is 1.94 bits per heavy atom. The highest BCUT2D eigenvalue weighted by Gasteiger charge is 2.07. The van der Waals surface area contributed by atoms with Gasteiger partial charge in [0.15, 0.2) is 0 Å². The van der Waals surface area contributed by atoms with Crippen LogP contribution in [-0.2, 0) is 6.54 Å². The largest absolute Gasteiger partial charge is 0.309 e. The molecule has 1 unspecified atom stereocenters. The first-order valence-corrected chi connectivity index (χ1v) is 7.56. The number of hydrogen-bond donors (Lipinski definition) is 1. The Bertz CT molecular complexity index is 362. The minimum absolute atomic E-state index is 0.512. The van der Waals surface area contributed by atoms with Crippen molar-refractivity contribution in [3.05, 3.63) is 33.8 Å². The van der Waals surface area contributed by atoms with E-state index in [2.05, 4.69) is 72.0 Å². The van der Waals surface area contributed by atoms with Crippen molar-refractivity contribution in [2.75, 3.05) is 19.6 Å². The number of nitrogens with zero attached hydrogens (tertiary/aromatic N) is 1. The van der Waals surface area contributed by atoms with Crippen molar-refractivity contribution >= 4 is 15.9 Å². The van der Waals surface area contributed by atoms with E-state index >= 15 is 0 Å². The van der Waals surface area contributed by atoms with Crippen LogP contribution >= 0.6 is 15.9 Å². The Labute approximate surface area is 120 Å². The normalized spacial score (nSPS) is 13.0. The van der Waals surface area contributed by atoms with Gasteiger partial charge in [-0.2, -0.15) is 0 Å². The molecule has 0 heterocycles. The summed E-state index contributed by atoms with van der Waals surface area (Å²) < 4.78 is 1.20.